The van der Waals surface area contributed by atoms with Crippen molar-refractivity contribution in [1.82, 2.24) is 10.6 Å². The molecule has 0 bridgehead atoms. The zero-order valence-electron chi connectivity index (χ0n) is 18.3. The van der Waals surface area contributed by atoms with Crippen LogP contribution in [0.5, 0.6) is 0 Å². The molecule has 1 saturated carbocycles. The lowest BCUT2D eigenvalue weighted by Crippen LogP contribution is -2.52. The van der Waals surface area contributed by atoms with Crippen molar-refractivity contribution in [2.24, 2.45) is 5.92 Å². The topological polar surface area (TPSA) is 105 Å². The van der Waals surface area contributed by atoms with Crippen LogP contribution in [0, 0.1) is 5.92 Å². The van der Waals surface area contributed by atoms with Gasteiger partial charge in [-0.2, -0.15) is 0 Å². The van der Waals surface area contributed by atoms with E-state index < -0.39 is 29.6 Å². The Labute approximate surface area is 187 Å². The normalized spacial score (nSPS) is 17.4. The molecule has 0 saturated heterocycles. The number of nitrogens with one attached hydrogen (secondary N) is 2. The van der Waals surface area contributed by atoms with Crippen LogP contribution in [0.2, 0.25) is 0 Å². The Hall–Kier alpha value is -3.35. The number of carbonyl (C=O) groups is 3. The van der Waals surface area contributed by atoms with Gasteiger partial charge in [-0.1, -0.05) is 48.5 Å². The summed E-state index contributed by atoms with van der Waals surface area (Å²) in [5, 5.41) is 14.4. The molecule has 2 aromatic rings. The average molecular weight is 437 g/mol. The molecule has 168 valence electrons. The molecule has 0 spiro atoms. The zero-order valence-corrected chi connectivity index (χ0v) is 18.3. The summed E-state index contributed by atoms with van der Waals surface area (Å²) in [7, 11) is 0. The minimum atomic E-state index is -1.10. The number of alkyl carbamates (subject to hydrolysis) is 1. The molecule has 0 radical (unpaired) electrons. The van der Waals surface area contributed by atoms with Crippen LogP contribution in [0.4, 0.5) is 4.79 Å². The second-order valence-corrected chi connectivity index (χ2v) is 8.95. The van der Waals surface area contributed by atoms with E-state index in [4.69, 9.17) is 9.84 Å². The quantitative estimate of drug-likeness (QED) is 0.586. The smallest absolute Gasteiger partial charge is 0.407 e. The molecule has 2 aromatic carbocycles. The van der Waals surface area contributed by atoms with Crippen LogP contribution in [0.15, 0.2) is 48.5 Å². The second-order valence-electron chi connectivity index (χ2n) is 8.95. The first-order valence-electron chi connectivity index (χ1n) is 10.9. The number of hydrogen-bond acceptors (Lipinski definition) is 4. The van der Waals surface area contributed by atoms with E-state index in [0.29, 0.717) is 0 Å². The summed E-state index contributed by atoms with van der Waals surface area (Å²) >= 11 is 0. The maximum Gasteiger partial charge on any atom is 0.407 e. The van der Waals surface area contributed by atoms with E-state index in [2.05, 4.69) is 34.9 Å². The first-order chi connectivity index (χ1) is 15.3. The fourth-order valence-corrected chi connectivity index (χ4v) is 4.57. The van der Waals surface area contributed by atoms with Crippen molar-refractivity contribution in [3.05, 3.63) is 59.7 Å². The van der Waals surface area contributed by atoms with Gasteiger partial charge in [0.05, 0.1) is 5.54 Å². The van der Waals surface area contributed by atoms with Crippen LogP contribution in [-0.4, -0.2) is 41.3 Å². The maximum absolute atomic E-state index is 12.7. The molecule has 3 N–H and O–H groups in total. The number of hydrogen-bond donors (Lipinski definition) is 3. The van der Waals surface area contributed by atoms with Gasteiger partial charge in [0.15, 0.2) is 0 Å². The third-order valence-electron chi connectivity index (χ3n) is 6.49. The summed E-state index contributed by atoms with van der Waals surface area (Å²) in [6, 6.07) is 15.3. The fraction of sp³-hybridized carbons (Fsp3) is 0.400. The number of carboxylic acids is 1. The summed E-state index contributed by atoms with van der Waals surface area (Å²) in [6.45, 7) is 3.42. The molecule has 7 nitrogen and oxygen atoms in total. The summed E-state index contributed by atoms with van der Waals surface area (Å²) in [6.07, 6.45) is 1.24. The molecule has 7 heteroatoms. The molecule has 1 unspecified atom stereocenters. The maximum atomic E-state index is 12.7. The highest BCUT2D eigenvalue weighted by Gasteiger charge is 2.44. The lowest BCUT2D eigenvalue weighted by atomic mass is 9.91. The van der Waals surface area contributed by atoms with Gasteiger partial charge in [-0.25, -0.2) is 4.79 Å². The zero-order chi connectivity index (χ0) is 22.9. The molecular formula is C25H28N2O5. The van der Waals surface area contributed by atoms with Gasteiger partial charge in [0, 0.05) is 12.3 Å². The molecule has 32 heavy (non-hydrogen) atoms. The van der Waals surface area contributed by atoms with E-state index in [1.54, 1.807) is 0 Å². The van der Waals surface area contributed by atoms with Gasteiger partial charge >= 0.3 is 12.1 Å². The van der Waals surface area contributed by atoms with Crippen LogP contribution in [0.25, 0.3) is 11.1 Å². The SMILES string of the molecule is C[C@H](NC(=O)CC(C)(NC(=O)OCC1c2ccccc2-c2ccccc21)C1CC1)C(=O)O. The first kappa shape index (κ1) is 21.9. The lowest BCUT2D eigenvalue weighted by Gasteiger charge is -2.30. The Morgan fingerprint density at radius 1 is 1.06 bits per heavy atom. The third kappa shape index (κ3) is 4.47. The molecule has 2 atom stereocenters. The standard InChI is InChI=1S/C25H28N2O5/c1-15(23(29)30)26-22(28)13-25(2,16-11-12-16)27-24(31)32-14-21-19-9-5-3-7-17(19)18-8-4-6-10-20(18)21/h3-10,15-16,21H,11-14H2,1-2H3,(H,26,28)(H,27,31)(H,29,30)/t15-,25?/m0/s1. The lowest BCUT2D eigenvalue weighted by molar-refractivity contribution is -0.141. The minimum absolute atomic E-state index is 0.000514. The van der Waals surface area contributed by atoms with Crippen LogP contribution in [0.1, 0.15) is 50.2 Å². The van der Waals surface area contributed by atoms with E-state index in [9.17, 15) is 14.4 Å². The highest BCUT2D eigenvalue weighted by Crippen LogP contribution is 2.45. The van der Waals surface area contributed by atoms with Gasteiger partial charge in [0.1, 0.15) is 12.6 Å². The predicted molar refractivity (Wildman–Crippen MR) is 119 cm³/mol. The Morgan fingerprint density at radius 2 is 1.62 bits per heavy atom. The van der Waals surface area contributed by atoms with Crippen molar-refractivity contribution in [2.75, 3.05) is 6.61 Å². The monoisotopic (exact) mass is 436 g/mol. The van der Waals surface area contributed by atoms with E-state index in [1.165, 1.54) is 6.92 Å². The minimum Gasteiger partial charge on any atom is -0.480 e. The number of fused-ring (bicyclic) bond motifs is 3. The van der Waals surface area contributed by atoms with Crippen molar-refractivity contribution in [2.45, 2.75) is 50.6 Å². The van der Waals surface area contributed by atoms with E-state index >= 15 is 0 Å². The fourth-order valence-electron chi connectivity index (χ4n) is 4.57. The molecule has 2 amide bonds. The van der Waals surface area contributed by atoms with Crippen LogP contribution >= 0.6 is 0 Å². The van der Waals surface area contributed by atoms with E-state index in [1.807, 2.05) is 31.2 Å². The molecule has 2 aliphatic rings. The number of carbonyl (C=O) groups excluding carboxylic acids is 2. The van der Waals surface area contributed by atoms with E-state index in [-0.39, 0.29) is 24.9 Å². The van der Waals surface area contributed by atoms with Gasteiger partial charge in [-0.3, -0.25) is 9.59 Å². The number of benzene rings is 2. The largest absolute Gasteiger partial charge is 0.480 e. The summed E-state index contributed by atoms with van der Waals surface area (Å²) in [5.41, 5.74) is 3.79. The van der Waals surface area contributed by atoms with Crippen LogP contribution in [-0.2, 0) is 14.3 Å². The van der Waals surface area contributed by atoms with Crippen LogP contribution < -0.4 is 10.6 Å². The highest BCUT2D eigenvalue weighted by molar-refractivity contribution is 5.84. The van der Waals surface area contributed by atoms with Crippen molar-refractivity contribution >= 4 is 18.0 Å². The molecule has 0 aliphatic heterocycles. The Bertz CT molecular complexity index is 1000. The van der Waals surface area contributed by atoms with E-state index in [0.717, 1.165) is 35.1 Å². The highest BCUT2D eigenvalue weighted by atomic mass is 16.5. The van der Waals surface area contributed by atoms with Gasteiger partial charge in [-0.15, -0.1) is 0 Å². The second kappa shape index (κ2) is 8.65. The van der Waals surface area contributed by atoms with Gasteiger partial charge in [-0.05, 0) is 54.9 Å². The molecule has 0 aromatic heterocycles. The number of rotatable bonds is 8. The molecule has 2 aliphatic carbocycles. The van der Waals surface area contributed by atoms with Gasteiger partial charge < -0.3 is 20.5 Å². The Kier molecular flexibility index (Phi) is 5.91. The number of aliphatic carboxylic acids is 1. The number of carboxylic acid groups (broad SMARTS) is 1. The van der Waals surface area contributed by atoms with Crippen molar-refractivity contribution in [3.8, 4) is 11.1 Å². The van der Waals surface area contributed by atoms with Gasteiger partial charge in [0.2, 0.25) is 5.91 Å². The molecule has 4 rings (SSSR count). The first-order valence-corrected chi connectivity index (χ1v) is 10.9. The van der Waals surface area contributed by atoms with Crippen molar-refractivity contribution < 1.29 is 24.2 Å². The Balaban J connectivity index is 1.41. The van der Waals surface area contributed by atoms with Crippen LogP contribution in [0.3, 0.4) is 0 Å². The molecule has 0 heterocycles. The predicted octanol–water partition coefficient (Wildman–Crippen LogP) is 3.67. The van der Waals surface area contributed by atoms with Crippen molar-refractivity contribution in [1.29, 1.82) is 0 Å². The Morgan fingerprint density at radius 3 is 2.16 bits per heavy atom. The summed E-state index contributed by atoms with van der Waals surface area (Å²) in [5.74, 6) is -1.39. The average Bonchev–Trinajstić information content (AvgIpc) is 3.56. The van der Waals surface area contributed by atoms with Crippen molar-refractivity contribution in [3.63, 3.8) is 0 Å². The number of ether oxygens (including phenoxy) is 1. The third-order valence-corrected chi connectivity index (χ3v) is 6.49. The summed E-state index contributed by atoms with van der Waals surface area (Å²) < 4.78 is 5.64. The number of amides is 2. The molecule has 1 fully saturated rings. The molecular weight excluding hydrogens is 408 g/mol. The van der Waals surface area contributed by atoms with Gasteiger partial charge in [0.25, 0.3) is 0 Å². The summed E-state index contributed by atoms with van der Waals surface area (Å²) in [4.78, 5) is 36.1.